The summed E-state index contributed by atoms with van der Waals surface area (Å²) in [7, 11) is -1.01. The van der Waals surface area contributed by atoms with Gasteiger partial charge in [0, 0.05) is 0 Å². The van der Waals surface area contributed by atoms with Crippen LogP contribution in [-0.2, 0) is 15.7 Å². The number of ether oxygens (including phenoxy) is 1. The van der Waals surface area contributed by atoms with Gasteiger partial charge in [-0.05, 0) is 24.4 Å². The van der Waals surface area contributed by atoms with Crippen molar-refractivity contribution in [2.75, 3.05) is 12.3 Å². The van der Waals surface area contributed by atoms with Crippen LogP contribution in [0, 0.1) is 18.4 Å². The zero-order valence-electron chi connectivity index (χ0n) is 16.1. The van der Waals surface area contributed by atoms with Crippen LogP contribution in [0.2, 0.25) is 11.6 Å². The van der Waals surface area contributed by atoms with Crippen molar-refractivity contribution in [1.82, 2.24) is 19.5 Å². The number of nitrogens with zero attached hydrogens (tertiary/aromatic N) is 4. The Labute approximate surface area is 160 Å². The molecule has 7 nitrogen and oxygen atoms in total. The lowest BCUT2D eigenvalue weighted by molar-refractivity contribution is -0.0345. The number of halogens is 1. The molecule has 1 radical (unpaired) electrons. The summed E-state index contributed by atoms with van der Waals surface area (Å²) in [6.07, 6.45) is 7.83. The van der Waals surface area contributed by atoms with E-state index in [1.807, 2.05) is 0 Å². The molecule has 2 aromatic rings. The molecule has 2 aromatic heterocycles. The van der Waals surface area contributed by atoms with Gasteiger partial charge in [-0.2, -0.15) is 14.4 Å². The maximum atomic E-state index is 13.5. The highest BCUT2D eigenvalue weighted by Crippen LogP contribution is 2.34. The normalized spacial score (nSPS) is 23.2. The van der Waals surface area contributed by atoms with Crippen LogP contribution < -0.4 is 5.73 Å². The minimum absolute atomic E-state index is 0.0229. The first-order valence-electron chi connectivity index (χ1n) is 8.90. The van der Waals surface area contributed by atoms with Crippen LogP contribution in [0.15, 0.2) is 6.33 Å². The van der Waals surface area contributed by atoms with Gasteiger partial charge in [0.2, 0.25) is 9.04 Å². The van der Waals surface area contributed by atoms with E-state index in [2.05, 4.69) is 48.2 Å². The molecule has 1 aliphatic rings. The number of terminal acetylenes is 1. The average molecular weight is 391 g/mol. The Hall–Kier alpha value is -2.02. The van der Waals surface area contributed by atoms with E-state index in [9.17, 15) is 4.39 Å². The summed E-state index contributed by atoms with van der Waals surface area (Å²) in [5.74, 6) is 2.81. The van der Waals surface area contributed by atoms with Crippen molar-refractivity contribution in [3.63, 3.8) is 0 Å². The fourth-order valence-electron chi connectivity index (χ4n) is 2.95. The Bertz CT molecular complexity index is 875. The maximum absolute atomic E-state index is 13.5. The van der Waals surface area contributed by atoms with Gasteiger partial charge >= 0.3 is 6.08 Å². The van der Waals surface area contributed by atoms with E-state index in [4.69, 9.17) is 21.3 Å². The van der Waals surface area contributed by atoms with Crippen molar-refractivity contribution in [2.45, 2.75) is 63.4 Å². The molecule has 0 spiro atoms. The molecule has 9 heteroatoms. The summed E-state index contributed by atoms with van der Waals surface area (Å²) in [5.41, 5.74) is 5.71. The maximum Gasteiger partial charge on any atom is 0.312 e. The molecule has 1 aliphatic heterocycles. The molecule has 1 saturated heterocycles. The van der Waals surface area contributed by atoms with E-state index in [-0.39, 0.29) is 17.0 Å². The summed E-state index contributed by atoms with van der Waals surface area (Å²) in [4.78, 5) is 11.5. The molecule has 3 heterocycles. The van der Waals surface area contributed by atoms with Crippen LogP contribution in [0.1, 0.15) is 33.6 Å². The van der Waals surface area contributed by atoms with Gasteiger partial charge in [-0.15, -0.1) is 6.42 Å². The van der Waals surface area contributed by atoms with E-state index >= 15 is 0 Å². The van der Waals surface area contributed by atoms with Crippen LogP contribution in [-0.4, -0.2) is 46.9 Å². The van der Waals surface area contributed by atoms with Gasteiger partial charge in [0.25, 0.3) is 0 Å². The number of fused-ring (bicyclic) bond motifs is 1. The second kappa shape index (κ2) is 7.18. The highest BCUT2D eigenvalue weighted by molar-refractivity contribution is 6.53. The fraction of sp³-hybridized carbons (Fsp3) is 0.611. The minimum Gasteiger partial charge on any atom is -0.412 e. The molecule has 0 bridgehead atoms. The Morgan fingerprint density at radius 2 is 2.26 bits per heavy atom. The lowest BCUT2D eigenvalue weighted by Gasteiger charge is -2.30. The topological polar surface area (TPSA) is 88.1 Å². The smallest absolute Gasteiger partial charge is 0.312 e. The van der Waals surface area contributed by atoms with Crippen molar-refractivity contribution in [2.24, 2.45) is 0 Å². The predicted octanol–water partition coefficient (Wildman–Crippen LogP) is 2.54. The molecule has 0 saturated carbocycles. The molecule has 0 amide bonds. The highest BCUT2D eigenvalue weighted by atomic mass is 28.3. The zero-order chi connectivity index (χ0) is 19.8. The molecule has 0 aliphatic carbocycles. The third-order valence-electron chi connectivity index (χ3n) is 4.97. The number of imidazole rings is 1. The van der Waals surface area contributed by atoms with Crippen LogP contribution in [0.5, 0.6) is 0 Å². The van der Waals surface area contributed by atoms with Gasteiger partial charge in [0.1, 0.15) is 5.52 Å². The van der Waals surface area contributed by atoms with Crippen molar-refractivity contribution in [1.29, 1.82) is 0 Å². The molecule has 3 rings (SSSR count). The highest BCUT2D eigenvalue weighted by Gasteiger charge is 2.40. The number of anilines is 1. The lowest BCUT2D eigenvalue weighted by atomic mass is 10.0. The molecule has 0 aromatic carbocycles. The largest absolute Gasteiger partial charge is 0.412 e. The quantitative estimate of drug-likeness (QED) is 0.479. The van der Waals surface area contributed by atoms with Gasteiger partial charge in [-0.25, -0.2) is 4.98 Å². The molecule has 27 heavy (non-hydrogen) atoms. The SMILES string of the molecule is C#C[C@@]1(CO[Si](C)C(C)(C)C)CC[C@H](Cn2cnc3c(N)nc(F)nc32)O1. The number of hydrogen-bond acceptors (Lipinski definition) is 6. The number of nitrogen functional groups attached to an aromatic ring is 1. The Kier molecular flexibility index (Phi) is 5.25. The average Bonchev–Trinajstić information content (AvgIpc) is 3.18. The van der Waals surface area contributed by atoms with Crippen molar-refractivity contribution < 1.29 is 13.6 Å². The van der Waals surface area contributed by atoms with E-state index < -0.39 is 20.7 Å². The minimum atomic E-state index is -1.01. The molecule has 2 N–H and O–H groups in total. The van der Waals surface area contributed by atoms with Crippen molar-refractivity contribution in [3.05, 3.63) is 12.4 Å². The van der Waals surface area contributed by atoms with Crippen LogP contribution in [0.3, 0.4) is 0 Å². The summed E-state index contributed by atoms with van der Waals surface area (Å²) >= 11 is 0. The van der Waals surface area contributed by atoms with Crippen LogP contribution >= 0.6 is 0 Å². The first kappa shape index (κ1) is 19.7. The fourth-order valence-corrected chi connectivity index (χ4v) is 3.83. The van der Waals surface area contributed by atoms with E-state index in [1.54, 1.807) is 10.9 Å². The van der Waals surface area contributed by atoms with Gasteiger partial charge in [0.05, 0.1) is 25.6 Å². The first-order valence-corrected chi connectivity index (χ1v) is 10.8. The molecular weight excluding hydrogens is 365 g/mol. The van der Waals surface area contributed by atoms with Crippen molar-refractivity contribution >= 4 is 26.0 Å². The number of nitrogens with two attached hydrogens (primary N) is 1. The summed E-state index contributed by atoms with van der Waals surface area (Å²) in [6, 6.07) is 0. The van der Waals surface area contributed by atoms with Gasteiger partial charge in [-0.1, -0.05) is 26.7 Å². The van der Waals surface area contributed by atoms with Gasteiger partial charge in [0.15, 0.2) is 17.1 Å². The van der Waals surface area contributed by atoms with E-state index in [0.29, 0.717) is 30.7 Å². The molecule has 0 unspecified atom stereocenters. The van der Waals surface area contributed by atoms with E-state index in [1.165, 1.54) is 0 Å². The Balaban J connectivity index is 1.69. The summed E-state index contributed by atoms with van der Waals surface area (Å²) in [6.45, 7) is 9.48. The first-order chi connectivity index (χ1) is 12.6. The second-order valence-electron chi connectivity index (χ2n) is 7.96. The predicted molar refractivity (Wildman–Crippen MR) is 103 cm³/mol. The van der Waals surface area contributed by atoms with E-state index in [0.717, 1.165) is 6.42 Å². The molecule has 145 valence electrons. The van der Waals surface area contributed by atoms with Crippen molar-refractivity contribution in [3.8, 4) is 12.3 Å². The van der Waals surface area contributed by atoms with Crippen LogP contribution in [0.4, 0.5) is 10.2 Å². The molecular formula is C18H25FN5O2Si. The lowest BCUT2D eigenvalue weighted by Crippen LogP contribution is -2.38. The zero-order valence-corrected chi connectivity index (χ0v) is 17.1. The standard InChI is InChI=1S/C18H25FN5O2Si/c1-6-18(10-25-27(5)17(2,3)4)8-7-12(26-18)9-24-11-21-13-14(20)22-16(19)23-15(13)24/h1,11-12H,7-10H2,2-5H3,(H2,20,22,23)/t12-,18+/m1/s1. The Morgan fingerprint density at radius 3 is 2.93 bits per heavy atom. The molecule has 1 fully saturated rings. The third kappa shape index (κ3) is 4.13. The van der Waals surface area contributed by atoms with Gasteiger partial charge in [-0.3, -0.25) is 0 Å². The number of rotatable bonds is 5. The Morgan fingerprint density at radius 1 is 1.52 bits per heavy atom. The number of aromatic nitrogens is 4. The van der Waals surface area contributed by atoms with Crippen LogP contribution in [0.25, 0.3) is 11.2 Å². The van der Waals surface area contributed by atoms with Gasteiger partial charge < -0.3 is 19.5 Å². The summed E-state index contributed by atoms with van der Waals surface area (Å²) < 4.78 is 27.5. The number of hydrogen-bond donors (Lipinski definition) is 1. The third-order valence-corrected chi connectivity index (χ3v) is 7.66. The summed E-state index contributed by atoms with van der Waals surface area (Å²) in [5, 5.41) is 0.123. The molecule has 2 atom stereocenters. The second-order valence-corrected chi connectivity index (χ2v) is 10.9. The monoisotopic (exact) mass is 390 g/mol.